The molecule has 20 heavy (non-hydrogen) atoms. The normalized spacial score (nSPS) is 16.2. The number of halogens is 1. The van der Waals surface area contributed by atoms with Crippen molar-refractivity contribution >= 4 is 17.5 Å². The summed E-state index contributed by atoms with van der Waals surface area (Å²) < 4.78 is 5.25. The lowest BCUT2D eigenvalue weighted by atomic mass is 9.97. The zero-order chi connectivity index (χ0) is 14.5. The summed E-state index contributed by atoms with van der Waals surface area (Å²) in [7, 11) is 0. The van der Waals surface area contributed by atoms with Crippen LogP contribution in [0.15, 0.2) is 12.3 Å². The minimum atomic E-state index is -0.0705. The Morgan fingerprint density at radius 2 is 2.25 bits per heavy atom. The van der Waals surface area contributed by atoms with Crippen molar-refractivity contribution in [1.29, 1.82) is 0 Å². The fourth-order valence-corrected chi connectivity index (χ4v) is 2.51. The van der Waals surface area contributed by atoms with E-state index in [2.05, 4.69) is 4.98 Å². The molecule has 0 atom stereocenters. The summed E-state index contributed by atoms with van der Waals surface area (Å²) in [5, 5.41) is 9.46. The third-order valence-corrected chi connectivity index (χ3v) is 3.77. The number of likely N-dealkylation sites (tertiary alicyclic amines) is 1. The molecule has 6 heteroatoms. The molecular weight excluding hydrogens is 280 g/mol. The molecule has 2 heterocycles. The van der Waals surface area contributed by atoms with Gasteiger partial charge in [0.25, 0.3) is 5.91 Å². The highest BCUT2D eigenvalue weighted by molar-refractivity contribution is 6.32. The first kappa shape index (κ1) is 15.1. The van der Waals surface area contributed by atoms with Crippen LogP contribution in [-0.2, 0) is 0 Å². The van der Waals surface area contributed by atoms with Crippen molar-refractivity contribution in [3.05, 3.63) is 22.8 Å². The number of hydrogen-bond acceptors (Lipinski definition) is 4. The van der Waals surface area contributed by atoms with Gasteiger partial charge in [0.15, 0.2) is 0 Å². The number of aliphatic hydroxyl groups excluding tert-OH is 1. The number of carbonyl (C=O) groups excluding carboxylic acids is 1. The molecule has 1 aromatic heterocycles. The molecule has 110 valence electrons. The Bertz CT molecular complexity index is 473. The Morgan fingerprint density at radius 3 is 2.80 bits per heavy atom. The number of ether oxygens (including phenoxy) is 1. The summed E-state index contributed by atoms with van der Waals surface area (Å²) in [6.07, 6.45) is 3.16. The molecule has 1 aliphatic heterocycles. The minimum absolute atomic E-state index is 0.0705. The number of hydrogen-bond donors (Lipinski definition) is 1. The molecule has 1 fully saturated rings. The van der Waals surface area contributed by atoms with E-state index in [0.717, 1.165) is 12.8 Å². The number of carbonyl (C=O) groups is 1. The van der Waals surface area contributed by atoms with Gasteiger partial charge in [-0.2, -0.15) is 0 Å². The molecule has 0 saturated carbocycles. The molecule has 1 aliphatic rings. The topological polar surface area (TPSA) is 62.7 Å². The van der Waals surface area contributed by atoms with Gasteiger partial charge in [-0.1, -0.05) is 11.6 Å². The van der Waals surface area contributed by atoms with Crippen molar-refractivity contribution in [2.45, 2.75) is 19.8 Å². The predicted octanol–water partition coefficient (Wildman–Crippen LogP) is 1.98. The maximum atomic E-state index is 12.3. The van der Waals surface area contributed by atoms with Crippen molar-refractivity contribution in [3.8, 4) is 5.88 Å². The third kappa shape index (κ3) is 3.41. The molecule has 0 radical (unpaired) electrons. The van der Waals surface area contributed by atoms with Crippen LogP contribution in [0.25, 0.3) is 0 Å². The van der Waals surface area contributed by atoms with E-state index in [4.69, 9.17) is 21.4 Å². The molecule has 1 N–H and O–H groups in total. The summed E-state index contributed by atoms with van der Waals surface area (Å²) in [5.41, 5.74) is 0.473. The highest BCUT2D eigenvalue weighted by Crippen LogP contribution is 2.24. The van der Waals surface area contributed by atoms with E-state index in [1.807, 2.05) is 6.92 Å². The second-order valence-electron chi connectivity index (χ2n) is 4.86. The van der Waals surface area contributed by atoms with Gasteiger partial charge in [-0.15, -0.1) is 0 Å². The highest BCUT2D eigenvalue weighted by atomic mass is 35.5. The molecular formula is C14H19ClN2O3. The zero-order valence-corrected chi connectivity index (χ0v) is 12.3. The first-order chi connectivity index (χ1) is 9.65. The van der Waals surface area contributed by atoms with Gasteiger partial charge in [0, 0.05) is 25.9 Å². The Kier molecular flexibility index (Phi) is 5.20. The summed E-state index contributed by atoms with van der Waals surface area (Å²) >= 11 is 6.05. The number of amides is 1. The van der Waals surface area contributed by atoms with Crippen LogP contribution in [0.3, 0.4) is 0 Å². The Balaban J connectivity index is 2.04. The second-order valence-corrected chi connectivity index (χ2v) is 5.27. The van der Waals surface area contributed by atoms with Gasteiger partial charge in [0.2, 0.25) is 5.88 Å². The standard InChI is InChI=1S/C14H19ClN2O3/c1-2-20-13-12(15)7-11(8-16-13)14(19)17-5-3-10(9-18)4-6-17/h7-8,10,18H,2-6,9H2,1H3. The predicted molar refractivity (Wildman–Crippen MR) is 76.1 cm³/mol. The van der Waals surface area contributed by atoms with Gasteiger partial charge >= 0.3 is 0 Å². The van der Waals surface area contributed by atoms with Gasteiger partial charge in [0.1, 0.15) is 5.02 Å². The van der Waals surface area contributed by atoms with Gasteiger partial charge in [-0.05, 0) is 31.7 Å². The fraction of sp³-hybridized carbons (Fsp3) is 0.571. The zero-order valence-electron chi connectivity index (χ0n) is 11.5. The fourth-order valence-electron chi connectivity index (χ4n) is 2.29. The molecule has 2 rings (SSSR count). The van der Waals surface area contributed by atoms with E-state index in [1.165, 1.54) is 6.20 Å². The average molecular weight is 299 g/mol. The van der Waals surface area contributed by atoms with Crippen LogP contribution in [-0.4, -0.2) is 47.2 Å². The molecule has 1 amide bonds. The monoisotopic (exact) mass is 298 g/mol. The van der Waals surface area contributed by atoms with Gasteiger partial charge in [0.05, 0.1) is 12.2 Å². The van der Waals surface area contributed by atoms with Crippen molar-refractivity contribution < 1.29 is 14.6 Å². The van der Waals surface area contributed by atoms with Crippen molar-refractivity contribution in [2.75, 3.05) is 26.3 Å². The third-order valence-electron chi connectivity index (χ3n) is 3.50. The number of piperidine rings is 1. The highest BCUT2D eigenvalue weighted by Gasteiger charge is 2.23. The van der Waals surface area contributed by atoms with Crippen LogP contribution in [0.2, 0.25) is 5.02 Å². The Labute approximate surface area is 123 Å². The first-order valence-electron chi connectivity index (χ1n) is 6.84. The lowest BCUT2D eigenvalue weighted by Gasteiger charge is -2.31. The lowest BCUT2D eigenvalue weighted by molar-refractivity contribution is 0.0650. The molecule has 0 bridgehead atoms. The van der Waals surface area contributed by atoms with E-state index in [9.17, 15) is 4.79 Å². The van der Waals surface area contributed by atoms with E-state index in [1.54, 1.807) is 11.0 Å². The van der Waals surface area contributed by atoms with Gasteiger partial charge in [-0.3, -0.25) is 4.79 Å². The number of aliphatic hydroxyl groups is 1. The lowest BCUT2D eigenvalue weighted by Crippen LogP contribution is -2.39. The van der Waals surface area contributed by atoms with Crippen molar-refractivity contribution in [1.82, 2.24) is 9.88 Å². The molecule has 5 nitrogen and oxygen atoms in total. The number of nitrogens with zero attached hydrogens (tertiary/aromatic N) is 2. The minimum Gasteiger partial charge on any atom is -0.477 e. The maximum Gasteiger partial charge on any atom is 0.255 e. The summed E-state index contributed by atoms with van der Waals surface area (Å²) in [5.74, 6) is 0.588. The van der Waals surface area contributed by atoms with E-state index < -0.39 is 0 Å². The number of pyridine rings is 1. The van der Waals surface area contributed by atoms with Crippen LogP contribution in [0.1, 0.15) is 30.1 Å². The van der Waals surface area contributed by atoms with Crippen LogP contribution >= 0.6 is 11.6 Å². The molecule has 0 aromatic carbocycles. The van der Waals surface area contributed by atoms with Crippen LogP contribution in [0.5, 0.6) is 5.88 Å². The number of aromatic nitrogens is 1. The quantitative estimate of drug-likeness (QED) is 0.923. The molecule has 0 unspecified atom stereocenters. The van der Waals surface area contributed by atoms with Crippen molar-refractivity contribution in [2.24, 2.45) is 5.92 Å². The smallest absolute Gasteiger partial charge is 0.255 e. The first-order valence-corrected chi connectivity index (χ1v) is 7.22. The second kappa shape index (κ2) is 6.90. The molecule has 1 saturated heterocycles. The summed E-state index contributed by atoms with van der Waals surface area (Å²) in [4.78, 5) is 18.2. The molecule has 0 spiro atoms. The maximum absolute atomic E-state index is 12.3. The molecule has 0 aliphatic carbocycles. The van der Waals surface area contributed by atoms with Crippen LogP contribution < -0.4 is 4.74 Å². The van der Waals surface area contributed by atoms with Gasteiger partial charge in [-0.25, -0.2) is 4.98 Å². The summed E-state index contributed by atoms with van der Waals surface area (Å²) in [6.45, 7) is 3.85. The molecule has 1 aromatic rings. The largest absolute Gasteiger partial charge is 0.477 e. The van der Waals surface area contributed by atoms with Gasteiger partial charge < -0.3 is 14.7 Å². The Hall–Kier alpha value is -1.33. The summed E-state index contributed by atoms with van der Waals surface area (Å²) in [6, 6.07) is 1.60. The van der Waals surface area contributed by atoms with Crippen molar-refractivity contribution in [3.63, 3.8) is 0 Å². The number of rotatable bonds is 4. The van der Waals surface area contributed by atoms with Crippen LogP contribution in [0, 0.1) is 5.92 Å². The SMILES string of the molecule is CCOc1ncc(C(=O)N2CCC(CO)CC2)cc1Cl. The van der Waals surface area contributed by atoms with E-state index >= 15 is 0 Å². The van der Waals surface area contributed by atoms with E-state index in [-0.39, 0.29) is 12.5 Å². The van der Waals surface area contributed by atoms with Crippen LogP contribution in [0.4, 0.5) is 0 Å². The Morgan fingerprint density at radius 1 is 1.55 bits per heavy atom. The van der Waals surface area contributed by atoms with E-state index in [0.29, 0.717) is 42.1 Å². The average Bonchev–Trinajstić information content (AvgIpc) is 2.49.